The SMILES string of the molecule is C[C@H](OC(=O)C1=C(Cl)CCCC1)C(=O)Nc1cccc2ncccc12. The first kappa shape index (κ1) is 17.4. The molecule has 1 aromatic carbocycles. The topological polar surface area (TPSA) is 68.3 Å². The van der Waals surface area contributed by atoms with Gasteiger partial charge < -0.3 is 10.1 Å². The van der Waals surface area contributed by atoms with Crippen LogP contribution in [0, 0.1) is 0 Å². The van der Waals surface area contributed by atoms with Gasteiger partial charge in [0.15, 0.2) is 6.10 Å². The van der Waals surface area contributed by atoms with Crippen molar-refractivity contribution in [3.05, 3.63) is 47.1 Å². The average Bonchev–Trinajstić information content (AvgIpc) is 2.62. The molecule has 0 spiro atoms. The summed E-state index contributed by atoms with van der Waals surface area (Å²) in [5.41, 5.74) is 1.90. The van der Waals surface area contributed by atoms with Crippen LogP contribution in [0.15, 0.2) is 47.1 Å². The summed E-state index contributed by atoms with van der Waals surface area (Å²) in [5, 5.41) is 4.17. The fraction of sp³-hybridized carbons (Fsp3) is 0.316. The number of carbonyl (C=O) groups is 2. The minimum atomic E-state index is -0.918. The molecule has 1 amide bonds. The number of rotatable bonds is 4. The number of nitrogens with one attached hydrogen (secondary N) is 1. The molecule has 3 rings (SSSR count). The summed E-state index contributed by atoms with van der Waals surface area (Å²) in [6.07, 6.45) is 3.94. The van der Waals surface area contributed by atoms with Gasteiger partial charge in [0, 0.05) is 16.6 Å². The largest absolute Gasteiger partial charge is 0.449 e. The standard InChI is InChI=1S/C19H19ClN2O3/c1-12(25-19(24)13-6-2-3-8-15(13)20)18(23)22-17-10-4-9-16-14(17)7-5-11-21-16/h4-5,7,9-12H,2-3,6,8H2,1H3,(H,22,23)/t12-/m0/s1. The van der Waals surface area contributed by atoms with E-state index in [9.17, 15) is 9.59 Å². The highest BCUT2D eigenvalue weighted by Gasteiger charge is 2.24. The Morgan fingerprint density at radius 2 is 2.00 bits per heavy atom. The van der Waals surface area contributed by atoms with Gasteiger partial charge in [0.05, 0.1) is 16.8 Å². The number of pyridine rings is 1. The molecule has 0 radical (unpaired) electrons. The van der Waals surface area contributed by atoms with Crippen molar-refractivity contribution < 1.29 is 14.3 Å². The number of hydrogen-bond donors (Lipinski definition) is 1. The van der Waals surface area contributed by atoms with Gasteiger partial charge in [-0.25, -0.2) is 4.79 Å². The number of carbonyl (C=O) groups excluding carboxylic acids is 2. The molecule has 0 aliphatic heterocycles. The Bertz CT molecular complexity index is 842. The van der Waals surface area contributed by atoms with Crippen LogP contribution in [0.4, 0.5) is 5.69 Å². The molecule has 0 fully saturated rings. The molecule has 1 aliphatic carbocycles. The van der Waals surface area contributed by atoms with Gasteiger partial charge in [0.25, 0.3) is 5.91 Å². The molecule has 1 aliphatic rings. The van der Waals surface area contributed by atoms with E-state index in [-0.39, 0.29) is 0 Å². The number of ether oxygens (including phenoxy) is 1. The summed E-state index contributed by atoms with van der Waals surface area (Å²) in [4.78, 5) is 28.9. The lowest BCUT2D eigenvalue weighted by Crippen LogP contribution is -2.30. The summed E-state index contributed by atoms with van der Waals surface area (Å²) in [6, 6.07) is 9.15. The predicted molar refractivity (Wildman–Crippen MR) is 97.3 cm³/mol. The Hall–Kier alpha value is -2.40. The monoisotopic (exact) mass is 358 g/mol. The molecule has 0 unspecified atom stereocenters. The summed E-state index contributed by atoms with van der Waals surface area (Å²) >= 11 is 6.11. The zero-order valence-corrected chi connectivity index (χ0v) is 14.7. The van der Waals surface area contributed by atoms with E-state index < -0.39 is 18.0 Å². The molecule has 130 valence electrons. The van der Waals surface area contributed by atoms with Gasteiger partial charge in [-0.3, -0.25) is 9.78 Å². The highest BCUT2D eigenvalue weighted by molar-refractivity contribution is 6.31. The van der Waals surface area contributed by atoms with E-state index in [0.29, 0.717) is 29.1 Å². The zero-order chi connectivity index (χ0) is 17.8. The molecular weight excluding hydrogens is 340 g/mol. The number of allylic oxidation sites excluding steroid dienone is 1. The molecule has 0 bridgehead atoms. The van der Waals surface area contributed by atoms with Crippen LogP contribution < -0.4 is 5.32 Å². The van der Waals surface area contributed by atoms with Crippen molar-refractivity contribution in [1.82, 2.24) is 4.98 Å². The van der Waals surface area contributed by atoms with Crippen LogP contribution in [0.25, 0.3) is 10.9 Å². The number of aromatic nitrogens is 1. The second-order valence-corrected chi connectivity index (χ2v) is 6.46. The van der Waals surface area contributed by atoms with Crippen LogP contribution in [0.2, 0.25) is 0 Å². The van der Waals surface area contributed by atoms with E-state index in [0.717, 1.165) is 23.7 Å². The summed E-state index contributed by atoms with van der Waals surface area (Å²) < 4.78 is 5.30. The summed E-state index contributed by atoms with van der Waals surface area (Å²) in [5.74, 6) is -0.899. The Labute approximate surface area is 151 Å². The van der Waals surface area contributed by atoms with Gasteiger partial charge in [-0.15, -0.1) is 0 Å². The average molecular weight is 359 g/mol. The molecule has 1 heterocycles. The van der Waals surface area contributed by atoms with Crippen LogP contribution in [-0.2, 0) is 14.3 Å². The highest BCUT2D eigenvalue weighted by atomic mass is 35.5. The van der Waals surface area contributed by atoms with Gasteiger partial charge in [-0.05, 0) is 56.9 Å². The quantitative estimate of drug-likeness (QED) is 0.833. The maximum absolute atomic E-state index is 12.4. The second kappa shape index (κ2) is 7.66. The van der Waals surface area contributed by atoms with Gasteiger partial charge in [0.1, 0.15) is 0 Å². The third kappa shape index (κ3) is 3.99. The first-order chi connectivity index (χ1) is 12.1. The first-order valence-electron chi connectivity index (χ1n) is 8.29. The maximum atomic E-state index is 12.4. The van der Waals surface area contributed by atoms with E-state index >= 15 is 0 Å². The highest BCUT2D eigenvalue weighted by Crippen LogP contribution is 2.28. The van der Waals surface area contributed by atoms with Crippen LogP contribution >= 0.6 is 11.6 Å². The van der Waals surface area contributed by atoms with Crippen molar-refractivity contribution >= 4 is 40.1 Å². The molecule has 6 heteroatoms. The lowest BCUT2D eigenvalue weighted by molar-refractivity contribution is -0.149. The molecular formula is C19H19ClN2O3. The van der Waals surface area contributed by atoms with Crippen molar-refractivity contribution in [1.29, 1.82) is 0 Å². The van der Waals surface area contributed by atoms with Crippen LogP contribution in [0.3, 0.4) is 0 Å². The number of benzene rings is 1. The second-order valence-electron chi connectivity index (χ2n) is 6.00. The minimum absolute atomic E-state index is 0.391. The minimum Gasteiger partial charge on any atom is -0.449 e. The van der Waals surface area contributed by atoms with Crippen LogP contribution in [0.1, 0.15) is 32.6 Å². The third-order valence-electron chi connectivity index (χ3n) is 4.20. The molecule has 1 N–H and O–H groups in total. The summed E-state index contributed by atoms with van der Waals surface area (Å²) in [7, 11) is 0. The zero-order valence-electron chi connectivity index (χ0n) is 13.9. The van der Waals surface area contributed by atoms with Crippen molar-refractivity contribution in [2.24, 2.45) is 0 Å². The smallest absolute Gasteiger partial charge is 0.335 e. The van der Waals surface area contributed by atoms with E-state index in [1.54, 1.807) is 25.3 Å². The number of nitrogens with zero attached hydrogens (tertiary/aromatic N) is 1. The third-order valence-corrected chi connectivity index (χ3v) is 4.62. The molecule has 25 heavy (non-hydrogen) atoms. The van der Waals surface area contributed by atoms with Crippen molar-refractivity contribution in [3.63, 3.8) is 0 Å². The van der Waals surface area contributed by atoms with Gasteiger partial charge >= 0.3 is 5.97 Å². The molecule has 1 atom stereocenters. The van der Waals surface area contributed by atoms with E-state index in [1.807, 2.05) is 18.2 Å². The van der Waals surface area contributed by atoms with Crippen LogP contribution in [-0.4, -0.2) is 23.0 Å². The summed E-state index contributed by atoms with van der Waals surface area (Å²) in [6.45, 7) is 1.55. The molecule has 1 aromatic heterocycles. The normalized spacial score (nSPS) is 15.8. The van der Waals surface area contributed by atoms with Crippen LogP contribution in [0.5, 0.6) is 0 Å². The number of hydrogen-bond acceptors (Lipinski definition) is 4. The molecule has 0 saturated heterocycles. The van der Waals surface area contributed by atoms with Crippen molar-refractivity contribution in [2.45, 2.75) is 38.7 Å². The Balaban J connectivity index is 1.69. The predicted octanol–water partition coefficient (Wildman–Crippen LogP) is 4.17. The van der Waals surface area contributed by atoms with Gasteiger partial charge in [0.2, 0.25) is 0 Å². The van der Waals surface area contributed by atoms with E-state index in [1.165, 1.54) is 0 Å². The van der Waals surface area contributed by atoms with Crippen molar-refractivity contribution in [3.8, 4) is 0 Å². The Morgan fingerprint density at radius 1 is 1.20 bits per heavy atom. The molecule has 5 nitrogen and oxygen atoms in total. The van der Waals surface area contributed by atoms with Crippen molar-refractivity contribution in [2.75, 3.05) is 5.32 Å². The Kier molecular flexibility index (Phi) is 5.34. The lowest BCUT2D eigenvalue weighted by atomic mass is 9.99. The van der Waals surface area contributed by atoms with Gasteiger partial charge in [-0.2, -0.15) is 0 Å². The fourth-order valence-corrected chi connectivity index (χ4v) is 3.12. The lowest BCUT2D eigenvalue weighted by Gasteiger charge is -2.18. The van der Waals surface area contributed by atoms with E-state index in [4.69, 9.17) is 16.3 Å². The number of esters is 1. The molecule has 0 saturated carbocycles. The van der Waals surface area contributed by atoms with E-state index in [2.05, 4.69) is 10.3 Å². The maximum Gasteiger partial charge on any atom is 0.335 e. The molecule has 2 aromatic rings. The number of halogens is 1. The Morgan fingerprint density at radius 3 is 2.80 bits per heavy atom. The fourth-order valence-electron chi connectivity index (χ4n) is 2.81. The van der Waals surface area contributed by atoms with Gasteiger partial charge in [-0.1, -0.05) is 17.7 Å². The number of fused-ring (bicyclic) bond motifs is 1. The number of anilines is 1. The number of amides is 1. The first-order valence-corrected chi connectivity index (χ1v) is 8.67.